The summed E-state index contributed by atoms with van der Waals surface area (Å²) in [5.41, 5.74) is 0.485. The molecular formula is C13H14F2N2. The molecule has 0 radical (unpaired) electrons. The molecule has 0 spiro atoms. The number of rotatable bonds is 3. The molecule has 2 nitrogen and oxygen atoms in total. The van der Waals surface area contributed by atoms with Crippen molar-refractivity contribution in [3.05, 3.63) is 35.4 Å². The number of nitrogens with one attached hydrogen (secondary N) is 1. The van der Waals surface area contributed by atoms with Crippen LogP contribution >= 0.6 is 0 Å². The Balaban J connectivity index is 2.11. The van der Waals surface area contributed by atoms with E-state index in [0.29, 0.717) is 11.6 Å². The topological polar surface area (TPSA) is 35.8 Å². The van der Waals surface area contributed by atoms with E-state index in [4.69, 9.17) is 5.26 Å². The lowest BCUT2D eigenvalue weighted by atomic mass is 10.1. The van der Waals surface area contributed by atoms with Gasteiger partial charge in [-0.3, -0.25) is 5.32 Å². The van der Waals surface area contributed by atoms with Crippen LogP contribution in [0.4, 0.5) is 8.78 Å². The van der Waals surface area contributed by atoms with Gasteiger partial charge in [-0.2, -0.15) is 5.26 Å². The van der Waals surface area contributed by atoms with E-state index < -0.39 is 17.7 Å². The zero-order valence-electron chi connectivity index (χ0n) is 9.42. The number of nitrogens with zero attached hydrogens (tertiary/aromatic N) is 1. The van der Waals surface area contributed by atoms with Crippen LogP contribution in [0.15, 0.2) is 18.2 Å². The molecule has 0 saturated heterocycles. The Bertz CT molecular complexity index is 434. The van der Waals surface area contributed by atoms with Crippen molar-refractivity contribution in [2.24, 2.45) is 0 Å². The van der Waals surface area contributed by atoms with Gasteiger partial charge in [0.25, 0.3) is 0 Å². The summed E-state index contributed by atoms with van der Waals surface area (Å²) in [5.74, 6) is -1.79. The van der Waals surface area contributed by atoms with Crippen LogP contribution in [-0.4, -0.2) is 6.04 Å². The maximum atomic E-state index is 13.1. The van der Waals surface area contributed by atoms with E-state index in [-0.39, 0.29) is 0 Å². The Labute approximate surface area is 99.3 Å². The van der Waals surface area contributed by atoms with Crippen LogP contribution in [0.3, 0.4) is 0 Å². The van der Waals surface area contributed by atoms with Gasteiger partial charge in [-0.05, 0) is 30.5 Å². The molecule has 1 aromatic rings. The second-order valence-corrected chi connectivity index (χ2v) is 4.38. The minimum absolute atomic E-state index is 0.313. The number of nitriles is 1. The summed E-state index contributed by atoms with van der Waals surface area (Å²) < 4.78 is 25.9. The van der Waals surface area contributed by atoms with Crippen molar-refractivity contribution in [2.75, 3.05) is 0 Å². The van der Waals surface area contributed by atoms with Gasteiger partial charge < -0.3 is 0 Å². The van der Waals surface area contributed by atoms with Crippen molar-refractivity contribution in [3.63, 3.8) is 0 Å². The van der Waals surface area contributed by atoms with Gasteiger partial charge in [0.05, 0.1) is 6.07 Å². The van der Waals surface area contributed by atoms with Gasteiger partial charge in [-0.15, -0.1) is 0 Å². The summed E-state index contributed by atoms with van der Waals surface area (Å²) in [6.07, 6.45) is 4.41. The van der Waals surface area contributed by atoms with Gasteiger partial charge in [0.1, 0.15) is 6.04 Å². The molecule has 1 unspecified atom stereocenters. The van der Waals surface area contributed by atoms with Crippen LogP contribution in [0.2, 0.25) is 0 Å². The Hall–Kier alpha value is -1.47. The van der Waals surface area contributed by atoms with Gasteiger partial charge in [0.2, 0.25) is 0 Å². The van der Waals surface area contributed by atoms with Crippen LogP contribution < -0.4 is 5.32 Å². The first-order valence-electron chi connectivity index (χ1n) is 5.81. The zero-order chi connectivity index (χ0) is 12.3. The maximum Gasteiger partial charge on any atom is 0.159 e. The third kappa shape index (κ3) is 2.80. The fourth-order valence-corrected chi connectivity index (χ4v) is 2.23. The fourth-order valence-electron chi connectivity index (χ4n) is 2.23. The number of hydrogen-bond donors (Lipinski definition) is 1. The Morgan fingerprint density at radius 2 is 1.94 bits per heavy atom. The maximum absolute atomic E-state index is 13.1. The summed E-state index contributed by atoms with van der Waals surface area (Å²) in [5, 5.41) is 12.2. The number of benzene rings is 1. The Morgan fingerprint density at radius 3 is 2.53 bits per heavy atom. The number of hydrogen-bond acceptors (Lipinski definition) is 2. The van der Waals surface area contributed by atoms with E-state index in [2.05, 4.69) is 11.4 Å². The molecule has 0 bridgehead atoms. The molecule has 0 amide bonds. The van der Waals surface area contributed by atoms with E-state index in [9.17, 15) is 8.78 Å². The molecule has 1 fully saturated rings. The van der Waals surface area contributed by atoms with Crippen LogP contribution in [0.25, 0.3) is 0 Å². The average Bonchev–Trinajstić information content (AvgIpc) is 2.82. The smallest absolute Gasteiger partial charge is 0.159 e. The molecule has 90 valence electrons. The third-order valence-electron chi connectivity index (χ3n) is 3.16. The van der Waals surface area contributed by atoms with Crippen molar-refractivity contribution in [1.29, 1.82) is 5.26 Å². The second-order valence-electron chi connectivity index (χ2n) is 4.38. The molecule has 1 aliphatic carbocycles. The highest BCUT2D eigenvalue weighted by Gasteiger charge is 2.20. The molecule has 1 saturated carbocycles. The summed E-state index contributed by atoms with van der Waals surface area (Å²) in [7, 11) is 0. The highest BCUT2D eigenvalue weighted by molar-refractivity contribution is 5.25. The van der Waals surface area contributed by atoms with E-state index in [0.717, 1.165) is 37.8 Å². The molecule has 1 atom stereocenters. The van der Waals surface area contributed by atoms with Crippen LogP contribution in [-0.2, 0) is 0 Å². The van der Waals surface area contributed by atoms with Crippen LogP contribution in [0.1, 0.15) is 37.3 Å². The first kappa shape index (κ1) is 12.0. The molecular weight excluding hydrogens is 222 g/mol. The lowest BCUT2D eigenvalue weighted by molar-refractivity contribution is 0.481. The normalized spacial score (nSPS) is 17.9. The van der Waals surface area contributed by atoms with E-state index in [1.54, 1.807) is 0 Å². The molecule has 17 heavy (non-hydrogen) atoms. The third-order valence-corrected chi connectivity index (χ3v) is 3.16. The SMILES string of the molecule is N#CC(NC1CCCC1)c1ccc(F)c(F)c1. The first-order valence-corrected chi connectivity index (χ1v) is 5.81. The predicted octanol–water partition coefficient (Wildman–Crippen LogP) is 3.06. The lowest BCUT2D eigenvalue weighted by Gasteiger charge is -2.17. The summed E-state index contributed by atoms with van der Waals surface area (Å²) in [6.45, 7) is 0. The van der Waals surface area contributed by atoms with Gasteiger partial charge in [0.15, 0.2) is 11.6 Å². The number of halogens is 2. The monoisotopic (exact) mass is 236 g/mol. The standard InChI is InChI=1S/C13H14F2N2/c14-11-6-5-9(7-12(11)15)13(8-16)17-10-3-1-2-4-10/h5-7,10,13,17H,1-4H2. The highest BCUT2D eigenvalue weighted by atomic mass is 19.2. The summed E-state index contributed by atoms with van der Waals surface area (Å²) >= 11 is 0. The van der Waals surface area contributed by atoms with Gasteiger partial charge >= 0.3 is 0 Å². The minimum Gasteiger partial charge on any atom is -0.295 e. The largest absolute Gasteiger partial charge is 0.295 e. The Kier molecular flexibility index (Phi) is 3.70. The molecule has 1 aliphatic rings. The van der Waals surface area contributed by atoms with Crippen LogP contribution in [0, 0.1) is 23.0 Å². The predicted molar refractivity (Wildman–Crippen MR) is 60.1 cm³/mol. The second kappa shape index (κ2) is 5.24. The molecule has 1 N–H and O–H groups in total. The van der Waals surface area contributed by atoms with Crippen molar-refractivity contribution in [2.45, 2.75) is 37.8 Å². The highest BCUT2D eigenvalue weighted by Crippen LogP contribution is 2.22. The van der Waals surface area contributed by atoms with Crippen LogP contribution in [0.5, 0.6) is 0 Å². The lowest BCUT2D eigenvalue weighted by Crippen LogP contribution is -2.29. The van der Waals surface area contributed by atoms with Gasteiger partial charge in [-0.1, -0.05) is 18.9 Å². The van der Waals surface area contributed by atoms with Crippen molar-refractivity contribution < 1.29 is 8.78 Å². The zero-order valence-corrected chi connectivity index (χ0v) is 9.42. The fraction of sp³-hybridized carbons (Fsp3) is 0.462. The van der Waals surface area contributed by atoms with Crippen molar-refractivity contribution in [3.8, 4) is 6.07 Å². The first-order chi connectivity index (χ1) is 8.20. The Morgan fingerprint density at radius 1 is 1.24 bits per heavy atom. The molecule has 0 heterocycles. The molecule has 4 heteroatoms. The summed E-state index contributed by atoms with van der Waals surface area (Å²) in [4.78, 5) is 0. The van der Waals surface area contributed by atoms with Crippen molar-refractivity contribution in [1.82, 2.24) is 5.32 Å². The van der Waals surface area contributed by atoms with Gasteiger partial charge in [0, 0.05) is 6.04 Å². The van der Waals surface area contributed by atoms with E-state index in [1.165, 1.54) is 6.07 Å². The quantitative estimate of drug-likeness (QED) is 0.875. The van der Waals surface area contributed by atoms with E-state index >= 15 is 0 Å². The average molecular weight is 236 g/mol. The molecule has 2 rings (SSSR count). The minimum atomic E-state index is -0.907. The van der Waals surface area contributed by atoms with Crippen molar-refractivity contribution >= 4 is 0 Å². The molecule has 0 aliphatic heterocycles. The van der Waals surface area contributed by atoms with Gasteiger partial charge in [-0.25, -0.2) is 8.78 Å². The van der Waals surface area contributed by atoms with E-state index in [1.807, 2.05) is 0 Å². The summed E-state index contributed by atoms with van der Waals surface area (Å²) in [6, 6.07) is 5.44. The molecule has 0 aromatic heterocycles. The molecule has 1 aromatic carbocycles.